The first-order valence-electron chi connectivity index (χ1n) is 10.1. The van der Waals surface area contributed by atoms with E-state index in [2.05, 4.69) is 20.5 Å². The number of aryl methyl sites for hydroxylation is 1. The van der Waals surface area contributed by atoms with Crippen molar-refractivity contribution in [1.29, 1.82) is 0 Å². The number of benzene rings is 2. The van der Waals surface area contributed by atoms with Gasteiger partial charge in [0.05, 0.1) is 18.0 Å². The highest BCUT2D eigenvalue weighted by Gasteiger charge is 2.22. The van der Waals surface area contributed by atoms with Crippen LogP contribution in [-0.4, -0.2) is 38.0 Å². The van der Waals surface area contributed by atoms with Crippen molar-refractivity contribution in [3.05, 3.63) is 78.6 Å². The standard InChI is InChI=1S/C24H23N5O2S/c1-16-8-4-5-12-21(16)26-23(30)17(2)32-24-28-27-22(18-9-7-13-25-15-18)29(24)19-10-6-11-20(14-19)31-3/h4-15,17H,1-3H3,(H,26,30)/t17-/m0/s1. The van der Waals surface area contributed by atoms with E-state index < -0.39 is 5.25 Å². The molecule has 2 aromatic heterocycles. The van der Waals surface area contributed by atoms with Crippen molar-refractivity contribution < 1.29 is 9.53 Å². The van der Waals surface area contributed by atoms with Crippen molar-refractivity contribution in [3.63, 3.8) is 0 Å². The third-order valence-electron chi connectivity index (χ3n) is 4.92. The van der Waals surface area contributed by atoms with Crippen LogP contribution in [0.3, 0.4) is 0 Å². The minimum absolute atomic E-state index is 0.104. The van der Waals surface area contributed by atoms with Crippen molar-refractivity contribution in [2.75, 3.05) is 12.4 Å². The lowest BCUT2D eigenvalue weighted by Crippen LogP contribution is -2.23. The number of aromatic nitrogens is 4. The number of carbonyl (C=O) groups excluding carboxylic acids is 1. The van der Waals surface area contributed by atoms with Crippen LogP contribution < -0.4 is 10.1 Å². The maximum absolute atomic E-state index is 12.9. The molecule has 0 bridgehead atoms. The Labute approximate surface area is 190 Å². The van der Waals surface area contributed by atoms with E-state index >= 15 is 0 Å². The van der Waals surface area contributed by atoms with Crippen molar-refractivity contribution in [3.8, 4) is 22.8 Å². The highest BCUT2D eigenvalue weighted by Crippen LogP contribution is 2.31. The van der Waals surface area contributed by atoms with Gasteiger partial charge in [-0.15, -0.1) is 10.2 Å². The number of carbonyl (C=O) groups is 1. The molecule has 4 rings (SSSR count). The van der Waals surface area contributed by atoms with Gasteiger partial charge >= 0.3 is 0 Å². The van der Waals surface area contributed by atoms with Crippen LogP contribution in [0.25, 0.3) is 17.1 Å². The second kappa shape index (κ2) is 9.65. The number of amides is 1. The van der Waals surface area contributed by atoms with Gasteiger partial charge in [-0.2, -0.15) is 0 Å². The summed E-state index contributed by atoms with van der Waals surface area (Å²) >= 11 is 1.34. The zero-order valence-corrected chi connectivity index (χ0v) is 18.8. The number of rotatable bonds is 7. The number of ether oxygens (including phenoxy) is 1. The number of anilines is 1. The summed E-state index contributed by atoms with van der Waals surface area (Å²) in [5.41, 5.74) is 3.47. The molecule has 0 aliphatic carbocycles. The minimum Gasteiger partial charge on any atom is -0.497 e. The van der Waals surface area contributed by atoms with E-state index in [0.717, 1.165) is 28.3 Å². The van der Waals surface area contributed by atoms with Crippen LogP contribution in [0.5, 0.6) is 5.75 Å². The molecular weight excluding hydrogens is 422 g/mol. The average Bonchev–Trinajstić information content (AvgIpc) is 3.24. The van der Waals surface area contributed by atoms with E-state index in [1.54, 1.807) is 19.5 Å². The van der Waals surface area contributed by atoms with E-state index in [0.29, 0.717) is 11.0 Å². The lowest BCUT2D eigenvalue weighted by molar-refractivity contribution is -0.115. The highest BCUT2D eigenvalue weighted by molar-refractivity contribution is 8.00. The molecule has 2 aromatic carbocycles. The molecule has 162 valence electrons. The fourth-order valence-electron chi connectivity index (χ4n) is 3.17. The summed E-state index contributed by atoms with van der Waals surface area (Å²) in [6, 6.07) is 19.1. The van der Waals surface area contributed by atoms with Gasteiger partial charge in [0.2, 0.25) is 5.91 Å². The van der Waals surface area contributed by atoms with Gasteiger partial charge in [0.1, 0.15) is 5.75 Å². The molecule has 2 heterocycles. The van der Waals surface area contributed by atoms with Crippen molar-refractivity contribution in [2.45, 2.75) is 24.3 Å². The molecule has 0 aliphatic heterocycles. The predicted molar refractivity (Wildman–Crippen MR) is 126 cm³/mol. The van der Waals surface area contributed by atoms with Gasteiger partial charge in [-0.25, -0.2) is 0 Å². The summed E-state index contributed by atoms with van der Waals surface area (Å²) < 4.78 is 7.32. The van der Waals surface area contributed by atoms with Gasteiger partial charge in [0.15, 0.2) is 11.0 Å². The molecule has 1 amide bonds. The van der Waals surface area contributed by atoms with Crippen LogP contribution >= 0.6 is 11.8 Å². The van der Waals surface area contributed by atoms with Crippen molar-refractivity contribution >= 4 is 23.4 Å². The van der Waals surface area contributed by atoms with Gasteiger partial charge in [0, 0.05) is 29.7 Å². The maximum Gasteiger partial charge on any atom is 0.237 e. The molecule has 0 saturated carbocycles. The normalized spacial score (nSPS) is 11.7. The number of hydrogen-bond acceptors (Lipinski definition) is 6. The molecule has 0 fully saturated rings. The SMILES string of the molecule is COc1cccc(-n2c(S[C@@H](C)C(=O)Nc3ccccc3C)nnc2-c2cccnc2)c1. The van der Waals surface area contributed by atoms with E-state index in [1.165, 1.54) is 11.8 Å². The second-order valence-electron chi connectivity index (χ2n) is 7.15. The summed E-state index contributed by atoms with van der Waals surface area (Å²) in [7, 11) is 1.63. The molecule has 1 N–H and O–H groups in total. The lowest BCUT2D eigenvalue weighted by Gasteiger charge is -2.15. The molecule has 0 saturated heterocycles. The Bertz CT molecular complexity index is 1230. The third kappa shape index (κ3) is 4.65. The van der Waals surface area contributed by atoms with E-state index in [9.17, 15) is 4.79 Å². The topological polar surface area (TPSA) is 81.9 Å². The van der Waals surface area contributed by atoms with Gasteiger partial charge in [-0.05, 0) is 49.7 Å². The molecule has 1 atom stereocenters. The zero-order valence-electron chi connectivity index (χ0n) is 18.0. The van der Waals surface area contributed by atoms with Crippen LogP contribution in [-0.2, 0) is 4.79 Å². The molecule has 0 unspecified atom stereocenters. The van der Waals surface area contributed by atoms with E-state index in [1.807, 2.05) is 79.1 Å². The van der Waals surface area contributed by atoms with Gasteiger partial charge < -0.3 is 10.1 Å². The fraction of sp³-hybridized carbons (Fsp3) is 0.167. The Kier molecular flexibility index (Phi) is 6.51. The number of hydrogen-bond donors (Lipinski definition) is 1. The highest BCUT2D eigenvalue weighted by atomic mass is 32.2. The van der Waals surface area contributed by atoms with Crippen LogP contribution in [0, 0.1) is 6.92 Å². The van der Waals surface area contributed by atoms with Gasteiger partial charge in [0.25, 0.3) is 0 Å². The molecule has 32 heavy (non-hydrogen) atoms. The minimum atomic E-state index is -0.398. The van der Waals surface area contributed by atoms with E-state index in [4.69, 9.17) is 4.74 Å². The Morgan fingerprint density at radius 3 is 2.69 bits per heavy atom. The van der Waals surface area contributed by atoms with E-state index in [-0.39, 0.29) is 5.91 Å². The maximum atomic E-state index is 12.9. The Morgan fingerprint density at radius 1 is 1.09 bits per heavy atom. The number of pyridine rings is 1. The molecule has 8 heteroatoms. The molecule has 0 radical (unpaired) electrons. The first kappa shape index (κ1) is 21.6. The molecule has 7 nitrogen and oxygen atoms in total. The second-order valence-corrected chi connectivity index (χ2v) is 8.46. The quantitative estimate of drug-likeness (QED) is 0.413. The van der Waals surface area contributed by atoms with Crippen LogP contribution in [0.15, 0.2) is 78.2 Å². The smallest absolute Gasteiger partial charge is 0.237 e. The van der Waals surface area contributed by atoms with Crippen LogP contribution in [0.2, 0.25) is 0 Å². The number of methoxy groups -OCH3 is 1. The first-order valence-corrected chi connectivity index (χ1v) is 11.0. The summed E-state index contributed by atoms with van der Waals surface area (Å²) in [4.78, 5) is 17.1. The summed E-state index contributed by atoms with van der Waals surface area (Å²) in [6.45, 7) is 3.82. The molecule has 4 aromatic rings. The van der Waals surface area contributed by atoms with Gasteiger partial charge in [-0.1, -0.05) is 36.0 Å². The monoisotopic (exact) mass is 445 g/mol. The van der Waals surface area contributed by atoms with Crippen LogP contribution in [0.1, 0.15) is 12.5 Å². The number of thioether (sulfide) groups is 1. The largest absolute Gasteiger partial charge is 0.497 e. The van der Waals surface area contributed by atoms with Crippen molar-refractivity contribution in [1.82, 2.24) is 19.7 Å². The van der Waals surface area contributed by atoms with Gasteiger partial charge in [-0.3, -0.25) is 14.3 Å². The third-order valence-corrected chi connectivity index (χ3v) is 5.96. The van der Waals surface area contributed by atoms with Crippen LogP contribution in [0.4, 0.5) is 5.69 Å². The number of nitrogens with one attached hydrogen (secondary N) is 1. The fourth-order valence-corrected chi connectivity index (χ4v) is 4.04. The Balaban J connectivity index is 1.67. The first-order chi connectivity index (χ1) is 15.6. The number of para-hydroxylation sites is 1. The number of nitrogens with zero attached hydrogens (tertiary/aromatic N) is 4. The Hall–Kier alpha value is -3.65. The lowest BCUT2D eigenvalue weighted by atomic mass is 10.2. The zero-order chi connectivity index (χ0) is 22.5. The molecule has 0 spiro atoms. The summed E-state index contributed by atoms with van der Waals surface area (Å²) in [6.07, 6.45) is 3.45. The molecule has 0 aliphatic rings. The average molecular weight is 446 g/mol. The summed E-state index contributed by atoms with van der Waals surface area (Å²) in [5, 5.41) is 12.0. The van der Waals surface area contributed by atoms with Crippen molar-refractivity contribution in [2.24, 2.45) is 0 Å². The summed E-state index contributed by atoms with van der Waals surface area (Å²) in [5.74, 6) is 1.25. The Morgan fingerprint density at radius 2 is 1.94 bits per heavy atom. The molecular formula is C24H23N5O2S. The predicted octanol–water partition coefficient (Wildman–Crippen LogP) is 4.77.